The zero-order valence-electron chi connectivity index (χ0n) is 17.5. The summed E-state index contributed by atoms with van der Waals surface area (Å²) >= 11 is 6.86. The SMILES string of the molecule is CCCc1nc2ccc(Br)cc2c(=O)n1N=Cc1ccc(OCc2ccc(Br)cc2)cc1. The number of benzene rings is 3. The number of aryl methyl sites for hydroxylation is 1. The standard InChI is InChI=1S/C25H21Br2N3O2/c1-2-3-24-29-23-13-10-20(27)14-22(23)25(31)30(24)28-15-17-6-11-21(12-7-17)32-16-18-4-8-19(26)9-5-18/h4-15H,2-3,16H2,1H3. The first-order valence-electron chi connectivity index (χ1n) is 10.3. The molecule has 7 heteroatoms. The van der Waals surface area contributed by atoms with Crippen molar-refractivity contribution in [1.82, 2.24) is 9.66 Å². The van der Waals surface area contributed by atoms with Crippen LogP contribution in [-0.4, -0.2) is 15.9 Å². The molecule has 0 saturated heterocycles. The van der Waals surface area contributed by atoms with Gasteiger partial charge >= 0.3 is 0 Å². The van der Waals surface area contributed by atoms with Crippen molar-refractivity contribution < 1.29 is 4.74 Å². The van der Waals surface area contributed by atoms with E-state index in [4.69, 9.17) is 4.74 Å². The molecule has 0 radical (unpaired) electrons. The predicted molar refractivity (Wildman–Crippen MR) is 136 cm³/mol. The van der Waals surface area contributed by atoms with E-state index in [1.54, 1.807) is 12.3 Å². The maximum absolute atomic E-state index is 13.1. The number of fused-ring (bicyclic) bond motifs is 1. The highest BCUT2D eigenvalue weighted by Crippen LogP contribution is 2.17. The first-order chi connectivity index (χ1) is 15.5. The molecule has 5 nitrogen and oxygen atoms in total. The Labute approximate surface area is 203 Å². The molecule has 0 aliphatic heterocycles. The summed E-state index contributed by atoms with van der Waals surface area (Å²) in [5, 5.41) is 5.00. The van der Waals surface area contributed by atoms with Crippen LogP contribution in [0.1, 0.15) is 30.3 Å². The summed E-state index contributed by atoms with van der Waals surface area (Å²) in [5.41, 5.74) is 2.47. The minimum atomic E-state index is -0.176. The predicted octanol–water partition coefficient (Wildman–Crippen LogP) is 6.34. The van der Waals surface area contributed by atoms with Gasteiger partial charge in [-0.1, -0.05) is 50.9 Å². The third-order valence-corrected chi connectivity index (χ3v) is 5.89. The highest BCUT2D eigenvalue weighted by atomic mass is 79.9. The molecule has 0 aliphatic carbocycles. The second kappa shape index (κ2) is 10.2. The van der Waals surface area contributed by atoms with Gasteiger partial charge in [-0.2, -0.15) is 9.78 Å². The average molecular weight is 555 g/mol. The number of ether oxygens (including phenoxy) is 1. The molecule has 0 atom stereocenters. The smallest absolute Gasteiger partial charge is 0.282 e. The number of halogens is 2. The van der Waals surface area contributed by atoms with Gasteiger partial charge in [0.05, 0.1) is 17.1 Å². The molecule has 4 aromatic rings. The van der Waals surface area contributed by atoms with Crippen molar-refractivity contribution in [2.75, 3.05) is 0 Å². The summed E-state index contributed by atoms with van der Waals surface area (Å²) in [7, 11) is 0. The van der Waals surface area contributed by atoms with Crippen LogP contribution in [0.25, 0.3) is 10.9 Å². The van der Waals surface area contributed by atoms with E-state index in [2.05, 4.69) is 48.9 Å². The topological polar surface area (TPSA) is 56.5 Å². The molecule has 0 N–H and O–H groups in total. The van der Waals surface area contributed by atoms with Crippen LogP contribution in [0.2, 0.25) is 0 Å². The van der Waals surface area contributed by atoms with Crippen LogP contribution in [0.4, 0.5) is 0 Å². The van der Waals surface area contributed by atoms with Gasteiger partial charge in [0, 0.05) is 15.4 Å². The van der Waals surface area contributed by atoms with Crippen LogP contribution in [-0.2, 0) is 13.0 Å². The van der Waals surface area contributed by atoms with Crippen molar-refractivity contribution in [3.63, 3.8) is 0 Å². The Bertz CT molecular complexity index is 1310. The summed E-state index contributed by atoms with van der Waals surface area (Å²) in [4.78, 5) is 17.7. The molecule has 0 aliphatic rings. The fourth-order valence-electron chi connectivity index (χ4n) is 3.22. The summed E-state index contributed by atoms with van der Waals surface area (Å²) in [6.07, 6.45) is 3.21. The lowest BCUT2D eigenvalue weighted by Crippen LogP contribution is -2.22. The zero-order chi connectivity index (χ0) is 22.5. The van der Waals surface area contributed by atoms with Gasteiger partial charge in [0.15, 0.2) is 0 Å². The van der Waals surface area contributed by atoms with Gasteiger partial charge < -0.3 is 4.74 Å². The fourth-order valence-corrected chi connectivity index (χ4v) is 3.85. The molecular weight excluding hydrogens is 534 g/mol. The number of hydrogen-bond donors (Lipinski definition) is 0. The first kappa shape index (κ1) is 22.4. The second-order valence-corrected chi connectivity index (χ2v) is 9.12. The third kappa shape index (κ3) is 5.34. The highest BCUT2D eigenvalue weighted by molar-refractivity contribution is 9.10. The van der Waals surface area contributed by atoms with Gasteiger partial charge in [-0.05, 0) is 72.1 Å². The normalized spacial score (nSPS) is 11.3. The third-order valence-electron chi connectivity index (χ3n) is 4.87. The van der Waals surface area contributed by atoms with Crippen molar-refractivity contribution in [3.05, 3.63) is 103 Å². The van der Waals surface area contributed by atoms with Gasteiger partial charge in [0.25, 0.3) is 5.56 Å². The van der Waals surface area contributed by atoms with E-state index >= 15 is 0 Å². The van der Waals surface area contributed by atoms with Crippen molar-refractivity contribution in [2.45, 2.75) is 26.4 Å². The Kier molecular flexibility index (Phi) is 7.17. The van der Waals surface area contributed by atoms with E-state index < -0.39 is 0 Å². The van der Waals surface area contributed by atoms with Gasteiger partial charge in [0.1, 0.15) is 18.2 Å². The average Bonchev–Trinajstić information content (AvgIpc) is 2.80. The van der Waals surface area contributed by atoms with Crippen LogP contribution >= 0.6 is 31.9 Å². The molecule has 4 rings (SSSR count). The second-order valence-electron chi connectivity index (χ2n) is 7.29. The molecule has 0 spiro atoms. The Morgan fingerprint density at radius 2 is 1.72 bits per heavy atom. The van der Waals surface area contributed by atoms with E-state index in [1.165, 1.54) is 4.68 Å². The molecular formula is C25H21Br2N3O2. The highest BCUT2D eigenvalue weighted by Gasteiger charge is 2.10. The molecule has 3 aromatic carbocycles. The summed E-state index contributed by atoms with van der Waals surface area (Å²) in [5.74, 6) is 1.42. The molecule has 1 heterocycles. The van der Waals surface area contributed by atoms with Crippen molar-refractivity contribution in [3.8, 4) is 5.75 Å². The lowest BCUT2D eigenvalue weighted by atomic mass is 10.2. The summed E-state index contributed by atoms with van der Waals surface area (Å²) < 4.78 is 9.13. The fraction of sp³-hybridized carbons (Fsp3) is 0.160. The summed E-state index contributed by atoms with van der Waals surface area (Å²) in [6.45, 7) is 2.55. The van der Waals surface area contributed by atoms with Crippen LogP contribution < -0.4 is 10.3 Å². The molecule has 0 fully saturated rings. The maximum atomic E-state index is 13.1. The monoisotopic (exact) mass is 553 g/mol. The minimum Gasteiger partial charge on any atom is -0.489 e. The number of aromatic nitrogens is 2. The van der Waals surface area contributed by atoms with Crippen LogP contribution in [0.3, 0.4) is 0 Å². The Morgan fingerprint density at radius 3 is 2.44 bits per heavy atom. The lowest BCUT2D eigenvalue weighted by molar-refractivity contribution is 0.306. The van der Waals surface area contributed by atoms with Gasteiger partial charge in [-0.15, -0.1) is 0 Å². The minimum absolute atomic E-state index is 0.176. The van der Waals surface area contributed by atoms with Crippen LogP contribution in [0.15, 0.2) is 85.6 Å². The van der Waals surface area contributed by atoms with Crippen LogP contribution in [0.5, 0.6) is 5.75 Å². The van der Waals surface area contributed by atoms with Gasteiger partial charge in [-0.25, -0.2) is 4.98 Å². The largest absolute Gasteiger partial charge is 0.489 e. The van der Waals surface area contributed by atoms with E-state index in [9.17, 15) is 4.79 Å². The van der Waals surface area contributed by atoms with Crippen molar-refractivity contribution in [2.24, 2.45) is 5.10 Å². The number of nitrogens with zero attached hydrogens (tertiary/aromatic N) is 3. The maximum Gasteiger partial charge on any atom is 0.282 e. The van der Waals surface area contributed by atoms with Gasteiger partial charge in [0.2, 0.25) is 0 Å². The lowest BCUT2D eigenvalue weighted by Gasteiger charge is -2.09. The molecule has 162 valence electrons. The first-order valence-corrected chi connectivity index (χ1v) is 11.8. The summed E-state index contributed by atoms with van der Waals surface area (Å²) in [6, 6.07) is 21.2. The molecule has 32 heavy (non-hydrogen) atoms. The van der Waals surface area contributed by atoms with Crippen molar-refractivity contribution in [1.29, 1.82) is 0 Å². The number of hydrogen-bond acceptors (Lipinski definition) is 4. The quantitative estimate of drug-likeness (QED) is 0.251. The van der Waals surface area contributed by atoms with E-state index in [0.717, 1.165) is 32.2 Å². The van der Waals surface area contributed by atoms with Gasteiger partial charge in [-0.3, -0.25) is 4.79 Å². The molecule has 0 bridgehead atoms. The Balaban J connectivity index is 1.54. The Hall–Kier alpha value is -2.77. The molecule has 0 unspecified atom stereocenters. The van der Waals surface area contributed by atoms with E-state index in [1.807, 2.05) is 60.7 Å². The van der Waals surface area contributed by atoms with E-state index in [0.29, 0.717) is 29.8 Å². The van der Waals surface area contributed by atoms with Crippen molar-refractivity contribution >= 4 is 49.0 Å². The van der Waals surface area contributed by atoms with Crippen LogP contribution in [0, 0.1) is 0 Å². The molecule has 0 saturated carbocycles. The molecule has 0 amide bonds. The zero-order valence-corrected chi connectivity index (χ0v) is 20.6. The number of rotatable bonds is 7. The Morgan fingerprint density at radius 1 is 1.00 bits per heavy atom. The van der Waals surface area contributed by atoms with E-state index in [-0.39, 0.29) is 5.56 Å². The molecule has 1 aromatic heterocycles.